The molecular weight excluding hydrogens is 248 g/mol. The van der Waals surface area contributed by atoms with Gasteiger partial charge in [0.1, 0.15) is 5.76 Å². The molecule has 5 heteroatoms. The number of ether oxygens (including phenoxy) is 2. The number of carbonyl (C=O) groups is 1. The maximum absolute atomic E-state index is 10.7. The average molecular weight is 262 g/mol. The van der Waals surface area contributed by atoms with Crippen LogP contribution in [-0.2, 0) is 6.42 Å². The first-order valence-electron chi connectivity index (χ1n) is 5.67. The van der Waals surface area contributed by atoms with E-state index in [-0.39, 0.29) is 5.76 Å². The van der Waals surface area contributed by atoms with Crippen LogP contribution < -0.4 is 9.47 Å². The second-order valence-corrected chi connectivity index (χ2v) is 3.94. The van der Waals surface area contributed by atoms with Crippen molar-refractivity contribution in [2.24, 2.45) is 0 Å². The van der Waals surface area contributed by atoms with Crippen LogP contribution in [0.5, 0.6) is 11.5 Å². The molecule has 0 radical (unpaired) electrons. The monoisotopic (exact) mass is 262 g/mol. The zero-order valence-electron chi connectivity index (χ0n) is 10.7. The molecule has 0 saturated carbocycles. The third-order valence-corrected chi connectivity index (χ3v) is 2.70. The van der Waals surface area contributed by atoms with Crippen molar-refractivity contribution in [3.63, 3.8) is 0 Å². The van der Waals surface area contributed by atoms with Gasteiger partial charge in [0, 0.05) is 6.42 Å². The predicted molar refractivity (Wildman–Crippen MR) is 68.0 cm³/mol. The second kappa shape index (κ2) is 5.48. The summed E-state index contributed by atoms with van der Waals surface area (Å²) in [5.74, 6) is 0.737. The first-order chi connectivity index (χ1) is 9.13. The van der Waals surface area contributed by atoms with Gasteiger partial charge in [-0.3, -0.25) is 0 Å². The van der Waals surface area contributed by atoms with Crippen LogP contribution in [-0.4, -0.2) is 25.3 Å². The van der Waals surface area contributed by atoms with Crippen molar-refractivity contribution in [1.82, 2.24) is 0 Å². The van der Waals surface area contributed by atoms with E-state index < -0.39 is 5.97 Å². The van der Waals surface area contributed by atoms with Crippen LogP contribution in [0.3, 0.4) is 0 Å². The third-order valence-electron chi connectivity index (χ3n) is 2.70. The molecule has 1 aromatic heterocycles. The Morgan fingerprint density at radius 3 is 2.47 bits per heavy atom. The number of hydrogen-bond acceptors (Lipinski definition) is 4. The molecule has 100 valence electrons. The van der Waals surface area contributed by atoms with Gasteiger partial charge in [0.05, 0.1) is 14.2 Å². The first-order valence-corrected chi connectivity index (χ1v) is 5.67. The largest absolute Gasteiger partial charge is 0.493 e. The van der Waals surface area contributed by atoms with E-state index in [1.54, 1.807) is 26.4 Å². The minimum absolute atomic E-state index is 0.0597. The summed E-state index contributed by atoms with van der Waals surface area (Å²) in [7, 11) is 3.14. The van der Waals surface area contributed by atoms with Crippen molar-refractivity contribution in [3.05, 3.63) is 47.4 Å². The second-order valence-electron chi connectivity index (χ2n) is 3.94. The normalized spacial score (nSPS) is 10.2. The Hall–Kier alpha value is -2.43. The lowest BCUT2D eigenvalue weighted by Gasteiger charge is -2.08. The van der Waals surface area contributed by atoms with Gasteiger partial charge in [0.2, 0.25) is 5.76 Å². The van der Waals surface area contributed by atoms with Gasteiger partial charge in [-0.05, 0) is 29.8 Å². The summed E-state index contributed by atoms with van der Waals surface area (Å²) in [6, 6.07) is 8.61. The Morgan fingerprint density at radius 1 is 1.16 bits per heavy atom. The molecule has 0 aliphatic heterocycles. The maximum Gasteiger partial charge on any atom is 0.371 e. The predicted octanol–water partition coefficient (Wildman–Crippen LogP) is 2.59. The highest BCUT2D eigenvalue weighted by Gasteiger charge is 2.10. The number of rotatable bonds is 5. The number of carboxylic acid groups (broad SMARTS) is 1. The van der Waals surface area contributed by atoms with E-state index in [9.17, 15) is 4.79 Å². The van der Waals surface area contributed by atoms with E-state index in [4.69, 9.17) is 19.0 Å². The Balaban J connectivity index is 2.20. The summed E-state index contributed by atoms with van der Waals surface area (Å²) >= 11 is 0. The fourth-order valence-corrected chi connectivity index (χ4v) is 1.78. The van der Waals surface area contributed by atoms with Crippen LogP contribution in [0, 0.1) is 0 Å². The van der Waals surface area contributed by atoms with Gasteiger partial charge in [-0.15, -0.1) is 0 Å². The molecule has 0 fully saturated rings. The number of hydrogen-bond donors (Lipinski definition) is 1. The molecule has 19 heavy (non-hydrogen) atoms. The number of methoxy groups -OCH3 is 2. The van der Waals surface area contributed by atoms with E-state index in [0.29, 0.717) is 23.7 Å². The molecule has 0 unspecified atom stereocenters. The molecule has 2 aromatic rings. The highest BCUT2D eigenvalue weighted by molar-refractivity contribution is 5.84. The summed E-state index contributed by atoms with van der Waals surface area (Å²) in [6.07, 6.45) is 0.494. The van der Waals surface area contributed by atoms with Crippen LogP contribution in [0.15, 0.2) is 34.7 Å². The van der Waals surface area contributed by atoms with Gasteiger partial charge < -0.3 is 19.0 Å². The number of aromatic carboxylic acids is 1. The van der Waals surface area contributed by atoms with E-state index in [0.717, 1.165) is 5.56 Å². The molecule has 0 aliphatic carbocycles. The van der Waals surface area contributed by atoms with E-state index in [1.165, 1.54) is 6.07 Å². The van der Waals surface area contributed by atoms with Crippen LogP contribution in [0.2, 0.25) is 0 Å². The van der Waals surface area contributed by atoms with E-state index in [1.807, 2.05) is 12.1 Å². The quantitative estimate of drug-likeness (QED) is 0.896. The molecule has 0 aliphatic rings. The lowest BCUT2D eigenvalue weighted by Crippen LogP contribution is -1.94. The SMILES string of the molecule is COc1ccc(Cc2ccc(C(=O)O)o2)cc1OC. The third kappa shape index (κ3) is 2.88. The average Bonchev–Trinajstić information content (AvgIpc) is 2.87. The molecule has 0 atom stereocenters. The van der Waals surface area contributed by atoms with Crippen LogP contribution in [0.4, 0.5) is 0 Å². The van der Waals surface area contributed by atoms with Gasteiger partial charge in [-0.25, -0.2) is 4.79 Å². The summed E-state index contributed by atoms with van der Waals surface area (Å²) in [4.78, 5) is 10.7. The molecule has 5 nitrogen and oxygen atoms in total. The number of furan rings is 1. The van der Waals surface area contributed by atoms with Crippen LogP contribution in [0.1, 0.15) is 21.9 Å². The molecular formula is C14H14O5. The summed E-state index contributed by atoms with van der Waals surface area (Å²) in [6.45, 7) is 0. The van der Waals surface area contributed by atoms with E-state index in [2.05, 4.69) is 0 Å². The van der Waals surface area contributed by atoms with Gasteiger partial charge in [-0.2, -0.15) is 0 Å². The molecule has 1 heterocycles. The van der Waals surface area contributed by atoms with Crippen LogP contribution in [0.25, 0.3) is 0 Å². The lowest BCUT2D eigenvalue weighted by atomic mass is 10.1. The topological polar surface area (TPSA) is 68.9 Å². The molecule has 0 bridgehead atoms. The highest BCUT2D eigenvalue weighted by Crippen LogP contribution is 2.28. The molecule has 1 N–H and O–H groups in total. The summed E-state index contributed by atoms with van der Waals surface area (Å²) in [5.41, 5.74) is 0.948. The van der Waals surface area contributed by atoms with Gasteiger partial charge in [0.15, 0.2) is 11.5 Å². The minimum Gasteiger partial charge on any atom is -0.493 e. The first kappa shape index (κ1) is 13.0. The Morgan fingerprint density at radius 2 is 1.89 bits per heavy atom. The number of carboxylic acids is 1. The van der Waals surface area contributed by atoms with Crippen molar-refractivity contribution >= 4 is 5.97 Å². The van der Waals surface area contributed by atoms with Crippen molar-refractivity contribution in [1.29, 1.82) is 0 Å². The summed E-state index contributed by atoms with van der Waals surface area (Å²) < 4.78 is 15.6. The van der Waals surface area contributed by atoms with Gasteiger partial charge in [0.25, 0.3) is 0 Å². The Kier molecular flexibility index (Phi) is 3.75. The highest BCUT2D eigenvalue weighted by atomic mass is 16.5. The van der Waals surface area contributed by atoms with Crippen LogP contribution >= 0.6 is 0 Å². The van der Waals surface area contributed by atoms with Crippen molar-refractivity contribution < 1.29 is 23.8 Å². The Bertz CT molecular complexity index is 585. The van der Waals surface area contributed by atoms with Crippen molar-refractivity contribution in [3.8, 4) is 11.5 Å². The fraction of sp³-hybridized carbons (Fsp3) is 0.214. The molecule has 2 rings (SSSR count). The van der Waals surface area contributed by atoms with Gasteiger partial charge >= 0.3 is 5.97 Å². The zero-order chi connectivity index (χ0) is 13.8. The van der Waals surface area contributed by atoms with Crippen molar-refractivity contribution in [2.45, 2.75) is 6.42 Å². The van der Waals surface area contributed by atoms with Gasteiger partial charge in [-0.1, -0.05) is 6.07 Å². The lowest BCUT2D eigenvalue weighted by molar-refractivity contribution is 0.0660. The number of benzene rings is 1. The standard InChI is InChI=1S/C14H14O5/c1-17-11-5-3-9(8-13(11)18-2)7-10-4-6-12(19-10)14(15)16/h3-6,8H,7H2,1-2H3,(H,15,16). The molecule has 1 aromatic carbocycles. The van der Waals surface area contributed by atoms with E-state index >= 15 is 0 Å². The molecule has 0 spiro atoms. The zero-order valence-corrected chi connectivity index (χ0v) is 10.7. The smallest absolute Gasteiger partial charge is 0.371 e. The minimum atomic E-state index is -1.07. The maximum atomic E-state index is 10.7. The Labute approximate surface area is 110 Å². The molecule has 0 saturated heterocycles. The molecule has 0 amide bonds. The fourth-order valence-electron chi connectivity index (χ4n) is 1.78. The van der Waals surface area contributed by atoms with Crippen molar-refractivity contribution in [2.75, 3.05) is 14.2 Å². The summed E-state index contributed by atoms with van der Waals surface area (Å²) in [5, 5.41) is 8.78.